The van der Waals surface area contributed by atoms with E-state index in [1.807, 2.05) is 12.1 Å². The van der Waals surface area contributed by atoms with Gasteiger partial charge in [-0.25, -0.2) is 4.68 Å². The zero-order valence-corrected chi connectivity index (χ0v) is 21.8. The molecule has 2 amide bonds. The van der Waals surface area contributed by atoms with E-state index < -0.39 is 17.4 Å². The maximum Gasteiger partial charge on any atom is 0.277 e. The molecule has 1 aromatic heterocycles. The maximum absolute atomic E-state index is 13.4. The number of aromatic nitrogens is 1. The lowest BCUT2D eigenvalue weighted by Crippen LogP contribution is -2.34. The first-order chi connectivity index (χ1) is 18.4. The van der Waals surface area contributed by atoms with Crippen molar-refractivity contribution in [2.24, 2.45) is 0 Å². The molecule has 196 valence electrons. The van der Waals surface area contributed by atoms with Crippen LogP contribution in [0.15, 0.2) is 77.7 Å². The molecule has 0 radical (unpaired) electrons. The van der Waals surface area contributed by atoms with E-state index in [4.69, 9.17) is 9.47 Å². The largest absolute Gasteiger partial charge is 0.497 e. The Hall–Kier alpha value is -4.79. The Bertz CT molecular complexity index is 1520. The summed E-state index contributed by atoms with van der Waals surface area (Å²) < 4.78 is 11.6. The second kappa shape index (κ2) is 11.5. The number of pyridine rings is 1. The number of ether oxygens (including phenoxy) is 2. The number of hydrogen-bond donors (Lipinski definition) is 2. The molecule has 0 saturated heterocycles. The summed E-state index contributed by atoms with van der Waals surface area (Å²) in [5.74, 6) is 0.0383. The van der Waals surface area contributed by atoms with Crippen molar-refractivity contribution in [2.75, 3.05) is 43.0 Å². The van der Waals surface area contributed by atoms with Gasteiger partial charge in [0.1, 0.15) is 11.5 Å². The van der Waals surface area contributed by atoms with Crippen LogP contribution >= 0.6 is 0 Å². The Morgan fingerprint density at radius 3 is 2.18 bits per heavy atom. The molecule has 0 saturated carbocycles. The molecule has 38 heavy (non-hydrogen) atoms. The van der Waals surface area contributed by atoms with Crippen LogP contribution in [0.3, 0.4) is 0 Å². The van der Waals surface area contributed by atoms with Gasteiger partial charge in [-0.15, -0.1) is 0 Å². The van der Waals surface area contributed by atoms with Crippen LogP contribution in [0.4, 0.5) is 11.4 Å². The molecule has 0 aliphatic carbocycles. The molecule has 4 rings (SSSR count). The van der Waals surface area contributed by atoms with Gasteiger partial charge in [-0.1, -0.05) is 18.2 Å². The Balaban J connectivity index is 1.67. The van der Waals surface area contributed by atoms with Gasteiger partial charge in [-0.3, -0.25) is 19.8 Å². The van der Waals surface area contributed by atoms with Crippen LogP contribution in [0.5, 0.6) is 11.5 Å². The highest BCUT2D eigenvalue weighted by atomic mass is 16.5. The van der Waals surface area contributed by atoms with Gasteiger partial charge in [0.2, 0.25) is 0 Å². The van der Waals surface area contributed by atoms with E-state index in [2.05, 4.69) is 29.5 Å². The van der Waals surface area contributed by atoms with E-state index in [0.717, 1.165) is 23.5 Å². The number of amides is 2. The molecular weight excluding hydrogens is 484 g/mol. The standard InChI is InChI=1S/C29H30N4O5/c1-5-32(6-2)20-13-11-19(12-14-20)27(34)31-33-18-24(22-9-7-8-10-23(22)29(33)36)28(35)30-25-16-15-21(37-3)17-26(25)38-4/h7-18H,5-6H2,1-4H3,(H,30,35)(H,31,34). The van der Waals surface area contributed by atoms with Gasteiger partial charge in [0.15, 0.2) is 0 Å². The number of carbonyl (C=O) groups is 2. The van der Waals surface area contributed by atoms with Gasteiger partial charge in [-0.2, -0.15) is 0 Å². The highest BCUT2D eigenvalue weighted by Crippen LogP contribution is 2.30. The van der Waals surface area contributed by atoms with Crippen LogP contribution in [0.25, 0.3) is 10.8 Å². The summed E-state index contributed by atoms with van der Waals surface area (Å²) in [6, 6.07) is 18.9. The number of methoxy groups -OCH3 is 2. The van der Waals surface area contributed by atoms with Crippen molar-refractivity contribution in [3.63, 3.8) is 0 Å². The van der Waals surface area contributed by atoms with Crippen molar-refractivity contribution in [3.05, 3.63) is 94.4 Å². The summed E-state index contributed by atoms with van der Waals surface area (Å²) in [5, 5.41) is 3.57. The van der Waals surface area contributed by atoms with Crippen LogP contribution in [-0.2, 0) is 0 Å². The van der Waals surface area contributed by atoms with Gasteiger partial charge in [0, 0.05) is 47.4 Å². The second-order valence-electron chi connectivity index (χ2n) is 8.44. The third-order valence-corrected chi connectivity index (χ3v) is 6.31. The minimum Gasteiger partial charge on any atom is -0.497 e. The van der Waals surface area contributed by atoms with Crippen molar-refractivity contribution in [2.45, 2.75) is 13.8 Å². The zero-order chi connectivity index (χ0) is 27.2. The van der Waals surface area contributed by atoms with E-state index in [1.54, 1.807) is 54.6 Å². The number of carbonyl (C=O) groups excluding carboxylic acids is 2. The van der Waals surface area contributed by atoms with Crippen molar-refractivity contribution in [1.82, 2.24) is 4.68 Å². The van der Waals surface area contributed by atoms with Gasteiger partial charge in [0.05, 0.1) is 25.5 Å². The molecule has 2 N–H and O–H groups in total. The van der Waals surface area contributed by atoms with Crippen LogP contribution < -0.4 is 30.7 Å². The first-order valence-electron chi connectivity index (χ1n) is 12.2. The fourth-order valence-corrected chi connectivity index (χ4v) is 4.23. The number of anilines is 2. The maximum atomic E-state index is 13.4. The van der Waals surface area contributed by atoms with E-state index in [-0.39, 0.29) is 5.56 Å². The molecule has 3 aromatic carbocycles. The van der Waals surface area contributed by atoms with E-state index in [0.29, 0.717) is 33.5 Å². The molecule has 0 aliphatic rings. The summed E-state index contributed by atoms with van der Waals surface area (Å²) in [4.78, 5) is 41.8. The average Bonchev–Trinajstić information content (AvgIpc) is 2.95. The molecule has 0 aliphatic heterocycles. The number of hydrogen-bond acceptors (Lipinski definition) is 6. The van der Waals surface area contributed by atoms with Crippen LogP contribution in [0.1, 0.15) is 34.6 Å². The molecule has 0 atom stereocenters. The van der Waals surface area contributed by atoms with Crippen LogP contribution in [-0.4, -0.2) is 43.8 Å². The summed E-state index contributed by atoms with van der Waals surface area (Å²) in [7, 11) is 3.03. The molecule has 0 unspecified atom stereocenters. The second-order valence-corrected chi connectivity index (χ2v) is 8.44. The molecule has 9 heteroatoms. The summed E-state index contributed by atoms with van der Waals surface area (Å²) in [6.45, 7) is 5.83. The normalized spacial score (nSPS) is 10.6. The van der Waals surface area contributed by atoms with Gasteiger partial charge in [0.25, 0.3) is 17.4 Å². The topological polar surface area (TPSA) is 102 Å². The lowest BCUT2D eigenvalue weighted by molar-refractivity contribution is 0.0999. The summed E-state index contributed by atoms with van der Waals surface area (Å²) in [5.41, 5.74) is 4.19. The van der Waals surface area contributed by atoms with Crippen LogP contribution in [0.2, 0.25) is 0 Å². The highest BCUT2D eigenvalue weighted by Gasteiger charge is 2.18. The lowest BCUT2D eigenvalue weighted by atomic mass is 10.1. The molecule has 1 heterocycles. The number of benzene rings is 3. The van der Waals surface area contributed by atoms with Crippen molar-refractivity contribution in [1.29, 1.82) is 0 Å². The molecule has 4 aromatic rings. The fraction of sp³-hybridized carbons (Fsp3) is 0.207. The van der Waals surface area contributed by atoms with Gasteiger partial charge < -0.3 is 19.7 Å². The predicted molar refractivity (Wildman–Crippen MR) is 149 cm³/mol. The SMILES string of the molecule is CCN(CC)c1ccc(C(=O)Nn2cc(C(=O)Nc3ccc(OC)cc3OC)c3ccccc3c2=O)cc1. The third-order valence-electron chi connectivity index (χ3n) is 6.31. The quantitative estimate of drug-likeness (QED) is 0.341. The minimum atomic E-state index is -0.476. The number of nitrogens with one attached hydrogen (secondary N) is 2. The van der Waals surface area contributed by atoms with E-state index in [9.17, 15) is 14.4 Å². The molecule has 0 bridgehead atoms. The van der Waals surface area contributed by atoms with Crippen molar-refractivity contribution in [3.8, 4) is 11.5 Å². The smallest absolute Gasteiger partial charge is 0.277 e. The molecule has 0 spiro atoms. The monoisotopic (exact) mass is 514 g/mol. The first kappa shape index (κ1) is 26.3. The third kappa shape index (κ3) is 5.31. The minimum absolute atomic E-state index is 0.204. The van der Waals surface area contributed by atoms with E-state index >= 15 is 0 Å². The first-order valence-corrected chi connectivity index (χ1v) is 12.2. The number of fused-ring (bicyclic) bond motifs is 1. The average molecular weight is 515 g/mol. The van der Waals surface area contributed by atoms with Crippen molar-refractivity contribution >= 4 is 34.0 Å². The van der Waals surface area contributed by atoms with E-state index in [1.165, 1.54) is 20.4 Å². The van der Waals surface area contributed by atoms with Gasteiger partial charge in [-0.05, 0) is 56.3 Å². The molecule has 0 fully saturated rings. The van der Waals surface area contributed by atoms with Crippen LogP contribution in [0, 0.1) is 0 Å². The Morgan fingerprint density at radius 2 is 1.55 bits per heavy atom. The Labute approximate surface area is 220 Å². The molecular formula is C29H30N4O5. The number of rotatable bonds is 9. The fourth-order valence-electron chi connectivity index (χ4n) is 4.23. The zero-order valence-electron chi connectivity index (χ0n) is 21.8. The highest BCUT2D eigenvalue weighted by molar-refractivity contribution is 6.13. The summed E-state index contributed by atoms with van der Waals surface area (Å²) in [6.07, 6.45) is 1.33. The lowest BCUT2D eigenvalue weighted by Gasteiger charge is -2.21. The predicted octanol–water partition coefficient (Wildman–Crippen LogP) is 4.50. The molecule has 9 nitrogen and oxygen atoms in total. The van der Waals surface area contributed by atoms with Gasteiger partial charge >= 0.3 is 0 Å². The van der Waals surface area contributed by atoms with Crippen molar-refractivity contribution < 1.29 is 19.1 Å². The Kier molecular flexibility index (Phi) is 7.96. The number of nitrogens with zero attached hydrogens (tertiary/aromatic N) is 2. The summed E-state index contributed by atoms with van der Waals surface area (Å²) >= 11 is 0. The Morgan fingerprint density at radius 1 is 0.868 bits per heavy atom.